The van der Waals surface area contributed by atoms with Crippen LogP contribution in [0.15, 0.2) is 29.2 Å². The van der Waals surface area contributed by atoms with E-state index >= 15 is 0 Å². The molecule has 1 aromatic carbocycles. The minimum atomic E-state index is -3.97. The van der Waals surface area contributed by atoms with Gasteiger partial charge in [-0.1, -0.05) is 17.6 Å². The Bertz CT molecular complexity index is 516. The number of hydrogen-bond donors (Lipinski definition) is 3. The number of carbonyl (C=O) groups is 1. The summed E-state index contributed by atoms with van der Waals surface area (Å²) in [4.78, 5) is 14.8. The average Bonchev–Trinajstić information content (AvgIpc) is 2.35. The van der Waals surface area contributed by atoms with Crippen LogP contribution in [-0.2, 0) is 19.7 Å². The fourth-order valence-corrected chi connectivity index (χ4v) is 2.32. The molecule has 4 N–H and O–H groups in total. The van der Waals surface area contributed by atoms with Crippen LogP contribution in [0.4, 0.5) is 0 Å². The van der Waals surface area contributed by atoms with Crippen molar-refractivity contribution in [1.82, 2.24) is 4.72 Å². The molecule has 1 unspecified atom stereocenters. The molecule has 0 fully saturated rings. The molecule has 0 spiro atoms. The number of sulfonamides is 1. The maximum Gasteiger partial charge on any atom is 0.345 e. The van der Waals surface area contributed by atoms with E-state index in [-0.39, 0.29) is 4.90 Å². The molecule has 0 aliphatic carbocycles. The standard InChI is InChI=1S/C9H11BN2O5S/c10-6-1-3-7(4-2-6)18(15,16)12-8(5-13)9(14)17-11/h1-4,8,12-13H,5,11H2. The van der Waals surface area contributed by atoms with E-state index in [9.17, 15) is 13.2 Å². The summed E-state index contributed by atoms with van der Waals surface area (Å²) in [6, 6.07) is 3.85. The molecule has 1 aromatic rings. The Labute approximate surface area is 105 Å². The number of carbonyl (C=O) groups excluding carboxylic acids is 1. The second-order valence-electron chi connectivity index (χ2n) is 3.36. The lowest BCUT2D eigenvalue weighted by molar-refractivity contribution is -0.147. The van der Waals surface area contributed by atoms with Gasteiger partial charge < -0.3 is 9.94 Å². The van der Waals surface area contributed by atoms with Gasteiger partial charge in [-0.25, -0.2) is 13.2 Å². The summed E-state index contributed by atoms with van der Waals surface area (Å²) in [6.45, 7) is -0.774. The normalized spacial score (nSPS) is 13.0. The minimum Gasteiger partial charge on any atom is -0.394 e. The molecular formula is C9H11BN2O5S. The van der Waals surface area contributed by atoms with Gasteiger partial charge in [0.25, 0.3) is 0 Å². The fourth-order valence-electron chi connectivity index (χ4n) is 1.14. The largest absolute Gasteiger partial charge is 0.394 e. The third-order valence-electron chi connectivity index (χ3n) is 2.07. The number of nitrogens with two attached hydrogens (primary N) is 1. The fraction of sp³-hybridized carbons (Fsp3) is 0.222. The zero-order valence-corrected chi connectivity index (χ0v) is 10.1. The lowest BCUT2D eigenvalue weighted by Crippen LogP contribution is -2.45. The second kappa shape index (κ2) is 5.96. The summed E-state index contributed by atoms with van der Waals surface area (Å²) in [7, 11) is 1.46. The molecule has 0 amide bonds. The number of benzene rings is 1. The van der Waals surface area contributed by atoms with E-state index in [0.29, 0.717) is 5.46 Å². The van der Waals surface area contributed by atoms with Crippen LogP contribution in [0.3, 0.4) is 0 Å². The molecule has 0 bridgehead atoms. The van der Waals surface area contributed by atoms with Crippen LogP contribution in [0, 0.1) is 0 Å². The summed E-state index contributed by atoms with van der Waals surface area (Å²) >= 11 is 0. The molecule has 0 aromatic heterocycles. The van der Waals surface area contributed by atoms with Gasteiger partial charge in [0.05, 0.1) is 11.5 Å². The molecule has 0 aliphatic heterocycles. The van der Waals surface area contributed by atoms with Crippen LogP contribution in [0.25, 0.3) is 0 Å². The Morgan fingerprint density at radius 1 is 1.44 bits per heavy atom. The zero-order chi connectivity index (χ0) is 13.8. The number of aliphatic hydroxyl groups excluding tert-OH is 1. The quantitative estimate of drug-likeness (QED) is 0.403. The van der Waals surface area contributed by atoms with Gasteiger partial charge in [0.15, 0.2) is 0 Å². The molecule has 2 radical (unpaired) electrons. The molecule has 1 atom stereocenters. The molecule has 0 heterocycles. The second-order valence-corrected chi connectivity index (χ2v) is 5.08. The number of nitrogens with one attached hydrogen (secondary N) is 1. The van der Waals surface area contributed by atoms with Crippen LogP contribution in [0.1, 0.15) is 0 Å². The van der Waals surface area contributed by atoms with Gasteiger partial charge in [-0.2, -0.15) is 10.6 Å². The molecule has 18 heavy (non-hydrogen) atoms. The maximum absolute atomic E-state index is 11.8. The molecule has 0 aliphatic rings. The van der Waals surface area contributed by atoms with Crippen LogP contribution >= 0.6 is 0 Å². The van der Waals surface area contributed by atoms with E-state index in [1.54, 1.807) is 0 Å². The van der Waals surface area contributed by atoms with E-state index in [2.05, 4.69) is 10.7 Å². The van der Waals surface area contributed by atoms with Gasteiger partial charge in [-0.15, -0.1) is 0 Å². The van der Waals surface area contributed by atoms with E-state index in [4.69, 9.17) is 13.0 Å². The lowest BCUT2D eigenvalue weighted by Gasteiger charge is -2.13. The molecule has 0 saturated carbocycles. The molecule has 0 saturated heterocycles. The minimum absolute atomic E-state index is 0.0972. The summed E-state index contributed by atoms with van der Waals surface area (Å²) in [5.74, 6) is 3.53. The van der Waals surface area contributed by atoms with Gasteiger partial charge >= 0.3 is 5.97 Å². The first kappa shape index (κ1) is 14.6. The highest BCUT2D eigenvalue weighted by Crippen LogP contribution is 2.07. The molecule has 9 heteroatoms. The van der Waals surface area contributed by atoms with Crippen LogP contribution < -0.4 is 16.1 Å². The molecular weight excluding hydrogens is 259 g/mol. The van der Waals surface area contributed by atoms with Gasteiger partial charge in [0.1, 0.15) is 13.9 Å². The van der Waals surface area contributed by atoms with Crippen LogP contribution in [-0.4, -0.2) is 40.0 Å². The lowest BCUT2D eigenvalue weighted by atomic mass is 9.97. The Kier molecular flexibility index (Phi) is 4.85. The summed E-state index contributed by atoms with van der Waals surface area (Å²) in [6.07, 6.45) is 0. The SMILES string of the molecule is [B]c1ccc(S(=O)(=O)NC(CO)C(=O)ON)cc1. The van der Waals surface area contributed by atoms with E-state index in [1.165, 1.54) is 24.3 Å². The van der Waals surface area contributed by atoms with E-state index in [0.717, 1.165) is 0 Å². The van der Waals surface area contributed by atoms with Crippen molar-refractivity contribution in [2.24, 2.45) is 5.90 Å². The first-order chi connectivity index (χ1) is 8.40. The third-order valence-corrected chi connectivity index (χ3v) is 3.56. The van der Waals surface area contributed by atoms with Gasteiger partial charge in [0, 0.05) is 0 Å². The Morgan fingerprint density at radius 3 is 2.44 bits per heavy atom. The van der Waals surface area contributed by atoms with Crippen molar-refractivity contribution in [2.45, 2.75) is 10.9 Å². The molecule has 7 nitrogen and oxygen atoms in total. The van der Waals surface area contributed by atoms with Crippen molar-refractivity contribution in [3.05, 3.63) is 24.3 Å². The van der Waals surface area contributed by atoms with Gasteiger partial charge in [0.2, 0.25) is 10.0 Å². The van der Waals surface area contributed by atoms with Crippen molar-refractivity contribution in [1.29, 1.82) is 0 Å². The Balaban J connectivity index is 2.94. The number of rotatable bonds is 5. The monoisotopic (exact) mass is 270 g/mol. The number of hydrogen-bond acceptors (Lipinski definition) is 6. The van der Waals surface area contributed by atoms with Crippen LogP contribution in [0.5, 0.6) is 0 Å². The summed E-state index contributed by atoms with van der Waals surface area (Å²) < 4.78 is 25.6. The predicted octanol–water partition coefficient (Wildman–Crippen LogP) is -2.46. The van der Waals surface area contributed by atoms with Crippen molar-refractivity contribution < 1.29 is 23.2 Å². The average molecular weight is 270 g/mol. The smallest absolute Gasteiger partial charge is 0.345 e. The van der Waals surface area contributed by atoms with Crippen molar-refractivity contribution in [2.75, 3.05) is 6.61 Å². The van der Waals surface area contributed by atoms with Gasteiger partial charge in [-0.3, -0.25) is 0 Å². The highest BCUT2D eigenvalue weighted by atomic mass is 32.2. The first-order valence-electron chi connectivity index (χ1n) is 4.80. The topological polar surface area (TPSA) is 119 Å². The van der Waals surface area contributed by atoms with E-state index < -0.39 is 28.6 Å². The van der Waals surface area contributed by atoms with Gasteiger partial charge in [-0.05, 0) is 12.1 Å². The van der Waals surface area contributed by atoms with Crippen LogP contribution in [0.2, 0.25) is 0 Å². The maximum atomic E-state index is 11.8. The van der Waals surface area contributed by atoms with E-state index in [1.807, 2.05) is 4.72 Å². The molecule has 1 rings (SSSR count). The Hall–Kier alpha value is -1.42. The first-order valence-corrected chi connectivity index (χ1v) is 6.28. The third kappa shape index (κ3) is 3.54. The summed E-state index contributed by atoms with van der Waals surface area (Å²) in [5.41, 5.74) is 0.397. The van der Waals surface area contributed by atoms with Crippen molar-refractivity contribution in [3.63, 3.8) is 0 Å². The predicted molar refractivity (Wildman–Crippen MR) is 63.3 cm³/mol. The number of aliphatic hydroxyl groups is 1. The molecule has 96 valence electrons. The van der Waals surface area contributed by atoms with Crippen molar-refractivity contribution in [3.8, 4) is 0 Å². The zero-order valence-electron chi connectivity index (χ0n) is 9.24. The summed E-state index contributed by atoms with van der Waals surface area (Å²) in [5, 5.41) is 8.88. The van der Waals surface area contributed by atoms with Crippen molar-refractivity contribution >= 4 is 29.3 Å². The Morgan fingerprint density at radius 2 is 2.00 bits per heavy atom. The highest BCUT2D eigenvalue weighted by Gasteiger charge is 2.26. The highest BCUT2D eigenvalue weighted by molar-refractivity contribution is 7.89.